The molecule has 1 aromatic carbocycles. The molecule has 72 valence electrons. The first kappa shape index (κ1) is 10.9. The van der Waals surface area contributed by atoms with Crippen molar-refractivity contribution in [2.45, 2.75) is 30.4 Å². The van der Waals surface area contributed by atoms with Crippen molar-refractivity contribution in [3.63, 3.8) is 0 Å². The zero-order valence-electron chi connectivity index (χ0n) is 7.90. The van der Waals surface area contributed by atoms with Crippen molar-refractivity contribution in [3.8, 4) is 0 Å². The fraction of sp³-hybridized carbons (Fsp3) is 0.400. The molecule has 1 aromatic rings. The quantitative estimate of drug-likeness (QED) is 0.631. The highest BCUT2D eigenvalue weighted by molar-refractivity contribution is 8.00. The van der Waals surface area contributed by atoms with Gasteiger partial charge >= 0.3 is 0 Å². The van der Waals surface area contributed by atoms with E-state index in [2.05, 4.69) is 20.8 Å². The Bertz CT molecular complexity index is 304. The number of thioether (sulfide) groups is 1. The van der Waals surface area contributed by atoms with E-state index in [9.17, 15) is 4.39 Å². The van der Waals surface area contributed by atoms with E-state index in [1.54, 1.807) is 23.9 Å². The van der Waals surface area contributed by atoms with Gasteiger partial charge < -0.3 is 0 Å². The van der Waals surface area contributed by atoms with Crippen molar-refractivity contribution < 1.29 is 4.39 Å². The molecule has 0 N–H and O–H groups in total. The van der Waals surface area contributed by atoms with Crippen molar-refractivity contribution in [1.82, 2.24) is 0 Å². The number of halogens is 2. The Balaban J connectivity index is 2.86. The molecule has 0 aromatic heterocycles. The minimum absolute atomic E-state index is 0.126. The minimum Gasteiger partial charge on any atom is -0.205 e. The number of hydrogen-bond acceptors (Lipinski definition) is 1. The lowest BCUT2D eigenvalue weighted by Gasteiger charge is -2.17. The third-order valence-electron chi connectivity index (χ3n) is 1.32. The van der Waals surface area contributed by atoms with Crippen molar-refractivity contribution in [2.24, 2.45) is 0 Å². The number of hydrogen-bond donors (Lipinski definition) is 0. The van der Waals surface area contributed by atoms with Crippen molar-refractivity contribution in [3.05, 3.63) is 29.0 Å². The van der Waals surface area contributed by atoms with E-state index in [1.807, 2.05) is 0 Å². The summed E-state index contributed by atoms with van der Waals surface area (Å²) in [6.45, 7) is 6.32. The highest BCUT2D eigenvalue weighted by atomic mass is 35.5. The first-order chi connectivity index (χ1) is 5.88. The summed E-state index contributed by atoms with van der Waals surface area (Å²) in [5, 5.41) is 0.189. The Kier molecular flexibility index (Phi) is 3.25. The van der Waals surface area contributed by atoms with Gasteiger partial charge in [-0.25, -0.2) is 4.39 Å². The van der Waals surface area contributed by atoms with E-state index < -0.39 is 0 Å². The van der Waals surface area contributed by atoms with E-state index in [0.29, 0.717) is 0 Å². The van der Waals surface area contributed by atoms with Gasteiger partial charge in [0, 0.05) is 9.64 Å². The Morgan fingerprint density at radius 1 is 1.31 bits per heavy atom. The van der Waals surface area contributed by atoms with Crippen LogP contribution in [0.25, 0.3) is 0 Å². The molecule has 0 radical (unpaired) electrons. The zero-order chi connectivity index (χ0) is 10.1. The molecule has 0 aliphatic heterocycles. The second kappa shape index (κ2) is 3.89. The Morgan fingerprint density at radius 2 is 1.92 bits per heavy atom. The summed E-state index contributed by atoms with van der Waals surface area (Å²) < 4.78 is 12.9. The van der Waals surface area contributed by atoms with E-state index in [4.69, 9.17) is 11.6 Å². The van der Waals surface area contributed by atoms with Crippen molar-refractivity contribution in [1.29, 1.82) is 0 Å². The van der Waals surface area contributed by atoms with Crippen LogP contribution in [0.2, 0.25) is 5.02 Å². The second-order valence-electron chi connectivity index (χ2n) is 3.79. The Morgan fingerprint density at radius 3 is 2.38 bits per heavy atom. The smallest absolute Gasteiger partial charge is 0.141 e. The monoisotopic (exact) mass is 218 g/mol. The van der Waals surface area contributed by atoms with Gasteiger partial charge in [0.1, 0.15) is 5.82 Å². The SMILES string of the molecule is CC(C)(C)Sc1ccc(F)c(Cl)c1. The maximum atomic E-state index is 12.8. The van der Waals surface area contributed by atoms with Crippen molar-refractivity contribution >= 4 is 23.4 Å². The van der Waals surface area contributed by atoms with Gasteiger partial charge in [-0.1, -0.05) is 32.4 Å². The van der Waals surface area contributed by atoms with Gasteiger partial charge in [0.2, 0.25) is 0 Å². The molecule has 13 heavy (non-hydrogen) atoms. The molecule has 3 heteroatoms. The van der Waals surface area contributed by atoms with Crippen LogP contribution in [0, 0.1) is 5.82 Å². The Labute approximate surface area is 87.5 Å². The van der Waals surface area contributed by atoms with Gasteiger partial charge in [-0.3, -0.25) is 0 Å². The van der Waals surface area contributed by atoms with E-state index in [1.165, 1.54) is 6.07 Å². The summed E-state index contributed by atoms with van der Waals surface area (Å²) in [6.07, 6.45) is 0. The molecule has 0 aliphatic carbocycles. The molecule has 0 saturated heterocycles. The fourth-order valence-corrected chi connectivity index (χ4v) is 2.16. The summed E-state index contributed by atoms with van der Waals surface area (Å²) in [4.78, 5) is 0.999. The predicted molar refractivity (Wildman–Crippen MR) is 57.0 cm³/mol. The molecular formula is C10H12ClFS. The lowest BCUT2D eigenvalue weighted by atomic mass is 10.3. The molecule has 0 aliphatic rings. The molecule has 0 spiro atoms. The molecular weight excluding hydrogens is 207 g/mol. The first-order valence-electron chi connectivity index (χ1n) is 4.02. The normalized spacial score (nSPS) is 11.8. The molecule has 0 amide bonds. The van der Waals surface area contributed by atoms with Gasteiger partial charge in [-0.2, -0.15) is 0 Å². The standard InChI is InChI=1S/C10H12ClFS/c1-10(2,3)13-7-4-5-9(12)8(11)6-7/h4-6H,1-3H3. The lowest BCUT2D eigenvalue weighted by Crippen LogP contribution is -2.06. The van der Waals surface area contributed by atoms with Crippen LogP contribution in [-0.2, 0) is 0 Å². The van der Waals surface area contributed by atoms with Gasteiger partial charge in [-0.15, -0.1) is 11.8 Å². The van der Waals surface area contributed by atoms with Crippen LogP contribution in [0.15, 0.2) is 23.1 Å². The molecule has 0 bridgehead atoms. The largest absolute Gasteiger partial charge is 0.205 e. The molecule has 0 fully saturated rings. The average molecular weight is 219 g/mol. The summed E-state index contributed by atoms with van der Waals surface area (Å²) in [6, 6.07) is 4.81. The van der Waals surface area contributed by atoms with Crippen LogP contribution in [0.5, 0.6) is 0 Å². The Hall–Kier alpha value is -0.210. The van der Waals surface area contributed by atoms with Crippen LogP contribution in [0.4, 0.5) is 4.39 Å². The molecule has 0 heterocycles. The molecule has 0 saturated carbocycles. The first-order valence-corrected chi connectivity index (χ1v) is 5.22. The molecule has 1 rings (SSSR count). The molecule has 0 atom stereocenters. The minimum atomic E-state index is -0.361. The second-order valence-corrected chi connectivity index (χ2v) is 6.10. The third kappa shape index (κ3) is 3.57. The van der Waals surface area contributed by atoms with Crippen LogP contribution < -0.4 is 0 Å². The number of rotatable bonds is 1. The lowest BCUT2D eigenvalue weighted by molar-refractivity contribution is 0.627. The van der Waals surface area contributed by atoms with Gasteiger partial charge in [0.25, 0.3) is 0 Å². The summed E-state index contributed by atoms with van der Waals surface area (Å²) >= 11 is 7.33. The topological polar surface area (TPSA) is 0 Å². The van der Waals surface area contributed by atoms with Gasteiger partial charge in [0.15, 0.2) is 0 Å². The average Bonchev–Trinajstić information content (AvgIpc) is 1.94. The zero-order valence-corrected chi connectivity index (χ0v) is 9.47. The van der Waals surface area contributed by atoms with Crippen LogP contribution in [-0.4, -0.2) is 4.75 Å². The highest BCUT2D eigenvalue weighted by Gasteiger charge is 2.12. The predicted octanol–water partition coefficient (Wildman–Crippen LogP) is 4.37. The summed E-state index contributed by atoms with van der Waals surface area (Å²) in [7, 11) is 0. The van der Waals surface area contributed by atoms with Crippen LogP contribution in [0.1, 0.15) is 20.8 Å². The van der Waals surface area contributed by atoms with Crippen molar-refractivity contribution in [2.75, 3.05) is 0 Å². The van der Waals surface area contributed by atoms with E-state index in [0.717, 1.165) is 4.90 Å². The maximum Gasteiger partial charge on any atom is 0.141 e. The van der Waals surface area contributed by atoms with Gasteiger partial charge in [-0.05, 0) is 18.2 Å². The van der Waals surface area contributed by atoms with Gasteiger partial charge in [0.05, 0.1) is 5.02 Å². The summed E-state index contributed by atoms with van der Waals surface area (Å²) in [5.41, 5.74) is 0. The maximum absolute atomic E-state index is 12.8. The number of benzene rings is 1. The van der Waals surface area contributed by atoms with Crippen LogP contribution in [0.3, 0.4) is 0 Å². The third-order valence-corrected chi connectivity index (χ3v) is 2.71. The van der Waals surface area contributed by atoms with E-state index in [-0.39, 0.29) is 15.6 Å². The summed E-state index contributed by atoms with van der Waals surface area (Å²) in [5.74, 6) is -0.361. The highest BCUT2D eigenvalue weighted by Crippen LogP contribution is 2.33. The van der Waals surface area contributed by atoms with Crippen LogP contribution >= 0.6 is 23.4 Å². The fourth-order valence-electron chi connectivity index (χ4n) is 0.894. The molecule has 0 unspecified atom stereocenters. The van der Waals surface area contributed by atoms with E-state index >= 15 is 0 Å². The molecule has 0 nitrogen and oxygen atoms in total.